The molecule has 0 N–H and O–H groups in total. The zero-order chi connectivity index (χ0) is 5.11. The van der Waals surface area contributed by atoms with Crippen molar-refractivity contribution in [3.05, 3.63) is 24.0 Å². The lowest BCUT2D eigenvalue weighted by atomic mass is 10.4. The second kappa shape index (κ2) is 1.98. The van der Waals surface area contributed by atoms with E-state index in [2.05, 4.69) is 6.08 Å². The number of hydrogen-bond acceptors (Lipinski definition) is 1. The van der Waals surface area contributed by atoms with Gasteiger partial charge in [-0.25, -0.2) is 0 Å². The first-order valence-corrected chi connectivity index (χ1v) is 3.15. The third kappa shape index (κ3) is 0.931. The van der Waals surface area contributed by atoms with Gasteiger partial charge in [-0.05, 0) is 6.08 Å². The first-order chi connectivity index (χ1) is 3.43. The standard InChI is InChI=1S/C5H8OSi/c7-6-5-3-1-2-4-5/h1-3H,4H2,7H3. The van der Waals surface area contributed by atoms with E-state index in [1.165, 1.54) is 0 Å². The molecule has 1 aliphatic rings. The quantitative estimate of drug-likeness (QED) is 0.438. The van der Waals surface area contributed by atoms with Crippen molar-refractivity contribution in [2.75, 3.05) is 0 Å². The van der Waals surface area contributed by atoms with Crippen LogP contribution >= 0.6 is 0 Å². The highest BCUT2D eigenvalue weighted by Crippen LogP contribution is 2.08. The summed E-state index contributed by atoms with van der Waals surface area (Å²) in [6, 6.07) is 0. The predicted molar refractivity (Wildman–Crippen MR) is 32.9 cm³/mol. The van der Waals surface area contributed by atoms with Gasteiger partial charge in [0.2, 0.25) is 10.5 Å². The van der Waals surface area contributed by atoms with Gasteiger partial charge in [0.15, 0.2) is 0 Å². The van der Waals surface area contributed by atoms with Gasteiger partial charge in [-0.2, -0.15) is 0 Å². The Labute approximate surface area is 46.2 Å². The van der Waals surface area contributed by atoms with Crippen LogP contribution in [-0.4, -0.2) is 10.5 Å². The van der Waals surface area contributed by atoms with Crippen LogP contribution in [0.15, 0.2) is 24.0 Å². The first-order valence-electron chi connectivity index (χ1n) is 2.33. The number of hydrogen-bond donors (Lipinski definition) is 0. The predicted octanol–water partition coefficient (Wildman–Crippen LogP) is 0.127. The highest BCUT2D eigenvalue weighted by atomic mass is 28.2. The van der Waals surface area contributed by atoms with Crippen molar-refractivity contribution < 1.29 is 4.43 Å². The summed E-state index contributed by atoms with van der Waals surface area (Å²) in [5.41, 5.74) is 0. The van der Waals surface area contributed by atoms with E-state index >= 15 is 0 Å². The van der Waals surface area contributed by atoms with Crippen LogP contribution in [0, 0.1) is 0 Å². The van der Waals surface area contributed by atoms with Crippen molar-refractivity contribution in [3.63, 3.8) is 0 Å². The molecule has 2 heteroatoms. The van der Waals surface area contributed by atoms with Crippen LogP contribution in [0.2, 0.25) is 0 Å². The average molecular weight is 112 g/mol. The van der Waals surface area contributed by atoms with Crippen molar-refractivity contribution in [3.8, 4) is 0 Å². The van der Waals surface area contributed by atoms with Crippen molar-refractivity contribution >= 4 is 10.5 Å². The Morgan fingerprint density at radius 3 is 2.86 bits per heavy atom. The lowest BCUT2D eigenvalue weighted by molar-refractivity contribution is 0.462. The van der Waals surface area contributed by atoms with Crippen LogP contribution in [-0.2, 0) is 4.43 Å². The van der Waals surface area contributed by atoms with Crippen LogP contribution in [0.5, 0.6) is 0 Å². The van der Waals surface area contributed by atoms with E-state index in [1.807, 2.05) is 12.2 Å². The van der Waals surface area contributed by atoms with Crippen molar-refractivity contribution in [2.45, 2.75) is 6.42 Å². The van der Waals surface area contributed by atoms with Gasteiger partial charge >= 0.3 is 0 Å². The lowest BCUT2D eigenvalue weighted by Gasteiger charge is -1.95. The number of rotatable bonds is 1. The second-order valence-corrected chi connectivity index (χ2v) is 1.88. The molecule has 0 saturated carbocycles. The fraction of sp³-hybridized carbons (Fsp3) is 0.200. The summed E-state index contributed by atoms with van der Waals surface area (Å²) < 4.78 is 5.05. The summed E-state index contributed by atoms with van der Waals surface area (Å²) in [4.78, 5) is 0. The Morgan fingerprint density at radius 1 is 1.71 bits per heavy atom. The molecule has 0 aromatic rings. The molecule has 0 aliphatic heterocycles. The SMILES string of the molecule is [SiH3]OC1=CC=CC1. The summed E-state index contributed by atoms with van der Waals surface area (Å²) >= 11 is 0. The molecular weight excluding hydrogens is 104 g/mol. The molecule has 1 rings (SSSR count). The number of allylic oxidation sites excluding steroid dienone is 3. The molecule has 0 unspecified atom stereocenters. The van der Waals surface area contributed by atoms with Gasteiger partial charge in [-0.15, -0.1) is 0 Å². The Hall–Kier alpha value is -0.503. The minimum absolute atomic E-state index is 0.823. The van der Waals surface area contributed by atoms with Crippen molar-refractivity contribution in [1.29, 1.82) is 0 Å². The minimum atomic E-state index is 0.823. The molecule has 0 aromatic carbocycles. The maximum Gasteiger partial charge on any atom is 0.203 e. The largest absolute Gasteiger partial charge is 0.556 e. The highest BCUT2D eigenvalue weighted by molar-refractivity contribution is 5.98. The van der Waals surface area contributed by atoms with Crippen LogP contribution in [0.25, 0.3) is 0 Å². The van der Waals surface area contributed by atoms with Gasteiger partial charge in [0.1, 0.15) is 0 Å². The summed E-state index contributed by atoms with van der Waals surface area (Å²) in [6.45, 7) is 0. The van der Waals surface area contributed by atoms with E-state index in [4.69, 9.17) is 4.43 Å². The minimum Gasteiger partial charge on any atom is -0.556 e. The summed E-state index contributed by atoms with van der Waals surface area (Å²) in [7, 11) is 0.823. The molecule has 38 valence electrons. The smallest absolute Gasteiger partial charge is 0.203 e. The summed E-state index contributed by atoms with van der Waals surface area (Å²) in [6.07, 6.45) is 7.12. The van der Waals surface area contributed by atoms with Gasteiger partial charge in [0.05, 0.1) is 5.76 Å². The molecule has 0 spiro atoms. The third-order valence-corrected chi connectivity index (χ3v) is 1.52. The molecule has 0 radical (unpaired) electrons. The van der Waals surface area contributed by atoms with E-state index < -0.39 is 0 Å². The van der Waals surface area contributed by atoms with Gasteiger partial charge in [0.25, 0.3) is 0 Å². The molecule has 7 heavy (non-hydrogen) atoms. The second-order valence-electron chi connectivity index (χ2n) is 1.47. The van der Waals surface area contributed by atoms with Crippen LogP contribution in [0.4, 0.5) is 0 Å². The van der Waals surface area contributed by atoms with E-state index in [1.54, 1.807) is 0 Å². The molecule has 0 heterocycles. The van der Waals surface area contributed by atoms with Gasteiger partial charge < -0.3 is 4.43 Å². The fourth-order valence-corrected chi connectivity index (χ4v) is 0.882. The van der Waals surface area contributed by atoms with Gasteiger partial charge in [-0.1, -0.05) is 12.2 Å². The molecule has 0 fully saturated rings. The van der Waals surface area contributed by atoms with Crippen LogP contribution in [0.3, 0.4) is 0 Å². The van der Waals surface area contributed by atoms with Crippen molar-refractivity contribution in [2.24, 2.45) is 0 Å². The average Bonchev–Trinajstić information content (AvgIpc) is 2.14. The fourth-order valence-electron chi connectivity index (χ4n) is 0.579. The highest BCUT2D eigenvalue weighted by Gasteiger charge is 1.92. The Kier molecular flexibility index (Phi) is 1.31. The topological polar surface area (TPSA) is 9.23 Å². The third-order valence-electron chi connectivity index (χ3n) is 0.999. The summed E-state index contributed by atoms with van der Waals surface area (Å²) in [5, 5.41) is 0. The molecule has 0 aromatic heterocycles. The molecule has 0 amide bonds. The van der Waals surface area contributed by atoms with E-state index in [0.717, 1.165) is 22.7 Å². The monoisotopic (exact) mass is 112 g/mol. The van der Waals surface area contributed by atoms with Crippen molar-refractivity contribution in [1.82, 2.24) is 0 Å². The normalized spacial score (nSPS) is 17.4. The zero-order valence-electron chi connectivity index (χ0n) is 4.35. The molecule has 1 nitrogen and oxygen atoms in total. The molecule has 1 aliphatic carbocycles. The first kappa shape index (κ1) is 4.65. The van der Waals surface area contributed by atoms with E-state index in [0.29, 0.717) is 0 Å². The van der Waals surface area contributed by atoms with Crippen LogP contribution in [0.1, 0.15) is 6.42 Å². The van der Waals surface area contributed by atoms with Gasteiger partial charge in [-0.3, -0.25) is 0 Å². The molecule has 0 atom stereocenters. The molecule has 0 saturated heterocycles. The zero-order valence-corrected chi connectivity index (χ0v) is 6.35. The Bertz CT molecular complexity index is 115. The Balaban J connectivity index is 2.45. The van der Waals surface area contributed by atoms with Gasteiger partial charge in [0, 0.05) is 6.42 Å². The maximum atomic E-state index is 5.05. The lowest BCUT2D eigenvalue weighted by Crippen LogP contribution is -1.79. The van der Waals surface area contributed by atoms with Crippen LogP contribution < -0.4 is 0 Å². The molecular formula is C5H8OSi. The van der Waals surface area contributed by atoms with E-state index in [-0.39, 0.29) is 0 Å². The molecule has 0 bridgehead atoms. The Morgan fingerprint density at radius 2 is 2.57 bits per heavy atom. The maximum absolute atomic E-state index is 5.05. The summed E-state index contributed by atoms with van der Waals surface area (Å²) in [5.74, 6) is 1.12. The van der Waals surface area contributed by atoms with E-state index in [9.17, 15) is 0 Å².